The zero-order chi connectivity index (χ0) is 28.9. The molecule has 2 atom stereocenters. The summed E-state index contributed by atoms with van der Waals surface area (Å²) in [6.45, 7) is 9.14. The van der Waals surface area contributed by atoms with E-state index in [1.807, 2.05) is 32.7 Å². The van der Waals surface area contributed by atoms with Gasteiger partial charge in [-0.1, -0.05) is 31.4 Å². The van der Waals surface area contributed by atoms with E-state index in [1.165, 1.54) is 18.6 Å². The molecule has 0 radical (unpaired) electrons. The number of carbonyl (C=O) groups excluding carboxylic acids is 3. The number of rotatable bonds is 7. The first-order valence-corrected chi connectivity index (χ1v) is 15.0. The number of likely N-dealkylation sites (tertiary alicyclic amines) is 1. The highest BCUT2D eigenvalue weighted by atomic mass is 19.1. The fourth-order valence-electron chi connectivity index (χ4n) is 6.69. The van der Waals surface area contributed by atoms with Crippen LogP contribution in [0.2, 0.25) is 0 Å². The van der Waals surface area contributed by atoms with Gasteiger partial charge in [-0.25, -0.2) is 4.39 Å². The number of piperidine rings is 1. The van der Waals surface area contributed by atoms with Gasteiger partial charge in [-0.05, 0) is 77.1 Å². The molecule has 4 rings (SSSR count). The number of nitrogens with zero attached hydrogens (tertiary/aromatic N) is 2. The van der Waals surface area contributed by atoms with E-state index in [4.69, 9.17) is 0 Å². The van der Waals surface area contributed by atoms with Crippen LogP contribution < -0.4 is 16.0 Å². The highest BCUT2D eigenvalue weighted by molar-refractivity contribution is 5.90. The summed E-state index contributed by atoms with van der Waals surface area (Å²) in [7, 11) is 1.98. The third-order valence-corrected chi connectivity index (χ3v) is 8.96. The van der Waals surface area contributed by atoms with Crippen molar-refractivity contribution in [2.24, 2.45) is 11.3 Å². The maximum absolute atomic E-state index is 13.9. The molecule has 1 aromatic carbocycles. The van der Waals surface area contributed by atoms with Gasteiger partial charge in [0.25, 0.3) is 0 Å². The number of nitrogens with one attached hydrogen (secondary N) is 3. The molecule has 0 spiro atoms. The van der Waals surface area contributed by atoms with Crippen molar-refractivity contribution in [2.75, 3.05) is 39.8 Å². The van der Waals surface area contributed by atoms with Crippen LogP contribution in [0.25, 0.3) is 0 Å². The summed E-state index contributed by atoms with van der Waals surface area (Å²) in [5.41, 5.74) is -0.0132. The largest absolute Gasteiger partial charge is 0.351 e. The number of benzene rings is 1. The van der Waals surface area contributed by atoms with Crippen LogP contribution >= 0.6 is 0 Å². The van der Waals surface area contributed by atoms with Crippen LogP contribution in [0.1, 0.15) is 71.3 Å². The van der Waals surface area contributed by atoms with Gasteiger partial charge in [0.05, 0.1) is 11.5 Å². The molecule has 40 heavy (non-hydrogen) atoms. The number of hydrogen-bond acceptors (Lipinski definition) is 5. The second-order valence-corrected chi connectivity index (χ2v) is 13.2. The minimum absolute atomic E-state index is 0.114. The lowest BCUT2D eigenvalue weighted by molar-refractivity contribution is -0.147. The number of amides is 3. The second-order valence-electron chi connectivity index (χ2n) is 13.2. The van der Waals surface area contributed by atoms with E-state index in [2.05, 4.69) is 20.9 Å². The maximum Gasteiger partial charge on any atom is 0.245 e. The molecule has 2 saturated heterocycles. The predicted molar refractivity (Wildman–Crippen MR) is 154 cm³/mol. The van der Waals surface area contributed by atoms with E-state index >= 15 is 0 Å². The van der Waals surface area contributed by atoms with Gasteiger partial charge in [0, 0.05) is 44.7 Å². The second kappa shape index (κ2) is 13.0. The third-order valence-electron chi connectivity index (χ3n) is 8.96. The van der Waals surface area contributed by atoms with Crippen LogP contribution in [0, 0.1) is 17.2 Å². The quantitative estimate of drug-likeness (QED) is 0.480. The summed E-state index contributed by atoms with van der Waals surface area (Å²) in [5, 5.41) is 9.52. The number of likely N-dealkylation sites (N-methyl/N-ethyl adjacent to an activating group) is 1. The molecule has 0 unspecified atom stereocenters. The monoisotopic (exact) mass is 557 g/mol. The lowest BCUT2D eigenvalue weighted by Crippen LogP contribution is -2.61. The van der Waals surface area contributed by atoms with Crippen LogP contribution in [-0.4, -0.2) is 84.9 Å². The van der Waals surface area contributed by atoms with Gasteiger partial charge in [-0.3, -0.25) is 14.4 Å². The zero-order valence-corrected chi connectivity index (χ0v) is 24.7. The zero-order valence-electron chi connectivity index (χ0n) is 24.7. The molecule has 0 aromatic heterocycles. The van der Waals surface area contributed by atoms with Crippen LogP contribution in [0.3, 0.4) is 0 Å². The summed E-state index contributed by atoms with van der Waals surface area (Å²) in [6.07, 6.45) is 7.14. The summed E-state index contributed by atoms with van der Waals surface area (Å²) in [5.74, 6) is -0.248. The molecule has 3 fully saturated rings. The Morgan fingerprint density at radius 3 is 2.30 bits per heavy atom. The molecule has 3 amide bonds. The maximum atomic E-state index is 13.9. The fraction of sp³-hybridized carbons (Fsp3) is 0.710. The van der Waals surface area contributed by atoms with E-state index in [0.29, 0.717) is 44.9 Å². The number of piperazine rings is 1. The molecule has 0 bridgehead atoms. The summed E-state index contributed by atoms with van der Waals surface area (Å²) >= 11 is 0. The van der Waals surface area contributed by atoms with Crippen molar-refractivity contribution >= 4 is 17.7 Å². The van der Waals surface area contributed by atoms with Gasteiger partial charge < -0.3 is 25.8 Å². The lowest BCUT2D eigenvalue weighted by atomic mass is 9.63. The number of halogens is 1. The first-order chi connectivity index (χ1) is 19.0. The lowest BCUT2D eigenvalue weighted by Gasteiger charge is -2.48. The first kappa shape index (κ1) is 30.4. The van der Waals surface area contributed by atoms with Crippen molar-refractivity contribution in [3.8, 4) is 0 Å². The Labute approximate surface area is 238 Å². The molecule has 222 valence electrons. The molecule has 1 aliphatic carbocycles. The van der Waals surface area contributed by atoms with Crippen molar-refractivity contribution in [2.45, 2.75) is 89.8 Å². The summed E-state index contributed by atoms with van der Waals surface area (Å²) < 4.78 is 13.6. The highest BCUT2D eigenvalue weighted by Gasteiger charge is 2.49. The van der Waals surface area contributed by atoms with Gasteiger partial charge in [-0.2, -0.15) is 0 Å². The smallest absolute Gasteiger partial charge is 0.245 e. The average molecular weight is 558 g/mol. The van der Waals surface area contributed by atoms with Crippen molar-refractivity contribution in [3.63, 3.8) is 0 Å². The topological polar surface area (TPSA) is 93.8 Å². The van der Waals surface area contributed by atoms with Gasteiger partial charge in [-0.15, -0.1) is 0 Å². The number of hydrogen-bond donors (Lipinski definition) is 3. The Morgan fingerprint density at radius 1 is 1.05 bits per heavy atom. The molecule has 8 nitrogen and oxygen atoms in total. The molecule has 9 heteroatoms. The van der Waals surface area contributed by atoms with Gasteiger partial charge in [0.2, 0.25) is 17.7 Å². The normalized spacial score (nSPS) is 23.3. The van der Waals surface area contributed by atoms with Gasteiger partial charge in [0.15, 0.2) is 0 Å². The third kappa shape index (κ3) is 7.60. The van der Waals surface area contributed by atoms with E-state index < -0.39 is 17.5 Å². The van der Waals surface area contributed by atoms with E-state index in [9.17, 15) is 18.8 Å². The van der Waals surface area contributed by atoms with Crippen molar-refractivity contribution < 1.29 is 18.8 Å². The van der Waals surface area contributed by atoms with Gasteiger partial charge in [0.1, 0.15) is 11.9 Å². The fourth-order valence-corrected chi connectivity index (χ4v) is 6.69. The van der Waals surface area contributed by atoms with Crippen LogP contribution in [0.5, 0.6) is 0 Å². The standard InChI is InChI=1S/C31H48FN5O3/c1-30(2,3)35-29(40)31(23-8-6-5-7-9-23)14-17-37(18-15-31)28(39)25(20-22-10-12-24(32)13-11-22)34-27(38)26-21-36(4)19-16-33-26/h10-13,23,25-26,33H,5-9,14-21H2,1-4H3,(H,34,38)(H,35,40)/t25-,26+/m1/s1. The Bertz CT molecular complexity index is 1030. The first-order valence-electron chi connectivity index (χ1n) is 15.0. The molecule has 2 aliphatic heterocycles. The Morgan fingerprint density at radius 2 is 1.70 bits per heavy atom. The van der Waals surface area contributed by atoms with E-state index in [-0.39, 0.29) is 35.5 Å². The Balaban J connectivity index is 1.50. The summed E-state index contributed by atoms with van der Waals surface area (Å²) in [4.78, 5) is 44.8. The predicted octanol–water partition coefficient (Wildman–Crippen LogP) is 2.86. The van der Waals surface area contributed by atoms with Gasteiger partial charge >= 0.3 is 0 Å². The Hall–Kier alpha value is -2.52. The van der Waals surface area contributed by atoms with Crippen LogP contribution in [0.4, 0.5) is 4.39 Å². The number of carbonyl (C=O) groups is 3. The van der Waals surface area contributed by atoms with Crippen LogP contribution in [0.15, 0.2) is 24.3 Å². The minimum atomic E-state index is -0.766. The highest BCUT2D eigenvalue weighted by Crippen LogP contribution is 2.46. The Kier molecular flexibility index (Phi) is 9.88. The van der Waals surface area contributed by atoms with E-state index in [1.54, 1.807) is 12.1 Å². The average Bonchev–Trinajstić information content (AvgIpc) is 2.93. The van der Waals surface area contributed by atoms with Crippen molar-refractivity contribution in [1.29, 1.82) is 0 Å². The molecule has 1 saturated carbocycles. The molecular formula is C31H48FN5O3. The summed E-state index contributed by atoms with van der Waals surface area (Å²) in [6, 6.07) is 4.92. The van der Waals surface area contributed by atoms with Crippen molar-refractivity contribution in [1.82, 2.24) is 25.8 Å². The molecule has 3 N–H and O–H groups in total. The molecule has 2 heterocycles. The minimum Gasteiger partial charge on any atom is -0.351 e. The SMILES string of the molecule is CN1CCN[C@H](C(=O)N[C@H](Cc2ccc(F)cc2)C(=O)N2CCC(C(=O)NC(C)(C)C)(C3CCCCC3)CC2)C1. The van der Waals surface area contributed by atoms with Crippen molar-refractivity contribution in [3.05, 3.63) is 35.6 Å². The molecular weight excluding hydrogens is 509 g/mol. The molecule has 3 aliphatic rings. The van der Waals surface area contributed by atoms with Crippen LogP contribution in [-0.2, 0) is 20.8 Å². The van der Waals surface area contributed by atoms with E-state index in [0.717, 1.165) is 37.8 Å². The molecule has 1 aromatic rings.